The standard InChI is InChI=1S/C30H27FN4O3/c1-18-29(19(2)35(34-18)17-20-9-12-22(31)13-10-20)33-30(36)24-16-26(32-25-8-6-5-7-23(24)25)21-11-14-27(37-3)28(15-21)38-4/h5-16H,17H2,1-4H3,(H,33,36). The Balaban J connectivity index is 1.51. The van der Waals surface area contributed by atoms with E-state index in [1.54, 1.807) is 37.1 Å². The van der Waals surface area contributed by atoms with Crippen molar-refractivity contribution in [2.75, 3.05) is 19.5 Å². The minimum Gasteiger partial charge on any atom is -0.493 e. The molecule has 38 heavy (non-hydrogen) atoms. The molecule has 0 radical (unpaired) electrons. The van der Waals surface area contributed by atoms with Crippen LogP contribution < -0.4 is 14.8 Å². The van der Waals surface area contributed by atoms with Crippen molar-refractivity contribution < 1.29 is 18.7 Å². The maximum absolute atomic E-state index is 13.7. The lowest BCUT2D eigenvalue weighted by Gasteiger charge is -2.13. The number of anilines is 1. The molecule has 7 nitrogen and oxygen atoms in total. The molecular weight excluding hydrogens is 483 g/mol. The van der Waals surface area contributed by atoms with Gasteiger partial charge in [-0.15, -0.1) is 0 Å². The first-order valence-corrected chi connectivity index (χ1v) is 12.1. The number of nitrogens with zero attached hydrogens (tertiary/aromatic N) is 3. The number of amides is 1. The van der Waals surface area contributed by atoms with Crippen molar-refractivity contribution in [3.63, 3.8) is 0 Å². The number of benzene rings is 3. The molecule has 0 aliphatic rings. The summed E-state index contributed by atoms with van der Waals surface area (Å²) >= 11 is 0. The molecule has 8 heteroatoms. The summed E-state index contributed by atoms with van der Waals surface area (Å²) in [6.07, 6.45) is 0. The summed E-state index contributed by atoms with van der Waals surface area (Å²) in [5.41, 5.74) is 5.67. The summed E-state index contributed by atoms with van der Waals surface area (Å²) in [7, 11) is 3.16. The van der Waals surface area contributed by atoms with Gasteiger partial charge in [-0.05, 0) is 61.9 Å². The van der Waals surface area contributed by atoms with E-state index < -0.39 is 0 Å². The van der Waals surface area contributed by atoms with Crippen LogP contribution in [0.25, 0.3) is 22.2 Å². The van der Waals surface area contributed by atoms with Gasteiger partial charge in [0.2, 0.25) is 0 Å². The SMILES string of the molecule is COc1ccc(-c2cc(C(=O)Nc3c(C)nn(Cc4ccc(F)cc4)c3C)c3ccccc3n2)cc1OC. The highest BCUT2D eigenvalue weighted by Crippen LogP contribution is 2.33. The molecule has 0 bridgehead atoms. The average molecular weight is 511 g/mol. The predicted molar refractivity (Wildman–Crippen MR) is 145 cm³/mol. The number of para-hydroxylation sites is 1. The smallest absolute Gasteiger partial charge is 0.256 e. The van der Waals surface area contributed by atoms with Gasteiger partial charge in [0.15, 0.2) is 11.5 Å². The molecule has 0 unspecified atom stereocenters. The average Bonchev–Trinajstić information content (AvgIpc) is 3.20. The van der Waals surface area contributed by atoms with Gasteiger partial charge in [0.1, 0.15) is 5.82 Å². The molecule has 0 aliphatic heterocycles. The van der Waals surface area contributed by atoms with Crippen LogP contribution in [0.4, 0.5) is 10.1 Å². The van der Waals surface area contributed by atoms with Gasteiger partial charge >= 0.3 is 0 Å². The predicted octanol–water partition coefficient (Wildman–Crippen LogP) is 6.17. The number of ether oxygens (including phenoxy) is 2. The van der Waals surface area contributed by atoms with Crippen molar-refractivity contribution >= 4 is 22.5 Å². The fourth-order valence-corrected chi connectivity index (χ4v) is 4.48. The summed E-state index contributed by atoms with van der Waals surface area (Å²) in [5, 5.41) is 8.41. The number of carbonyl (C=O) groups is 1. The van der Waals surface area contributed by atoms with Gasteiger partial charge in [0.05, 0.1) is 54.6 Å². The van der Waals surface area contributed by atoms with Crippen molar-refractivity contribution in [3.8, 4) is 22.8 Å². The number of aromatic nitrogens is 3. The lowest BCUT2D eigenvalue weighted by Crippen LogP contribution is -2.14. The number of pyridine rings is 1. The topological polar surface area (TPSA) is 78.3 Å². The fraction of sp³-hybridized carbons (Fsp3) is 0.167. The van der Waals surface area contributed by atoms with Gasteiger partial charge in [-0.3, -0.25) is 9.48 Å². The Morgan fingerprint density at radius 2 is 1.68 bits per heavy atom. The highest BCUT2D eigenvalue weighted by molar-refractivity contribution is 6.13. The lowest BCUT2D eigenvalue weighted by atomic mass is 10.0. The van der Waals surface area contributed by atoms with Gasteiger partial charge in [-0.2, -0.15) is 5.10 Å². The Morgan fingerprint density at radius 1 is 0.947 bits per heavy atom. The van der Waals surface area contributed by atoms with Crippen LogP contribution in [0.1, 0.15) is 27.3 Å². The minimum atomic E-state index is -0.285. The van der Waals surface area contributed by atoms with Gasteiger partial charge in [0.25, 0.3) is 5.91 Å². The van der Waals surface area contributed by atoms with Gasteiger partial charge in [-0.1, -0.05) is 30.3 Å². The zero-order valence-electron chi connectivity index (χ0n) is 21.6. The number of nitrogens with one attached hydrogen (secondary N) is 1. The molecule has 0 spiro atoms. The molecule has 0 saturated carbocycles. The molecule has 1 amide bonds. The van der Waals surface area contributed by atoms with Crippen LogP contribution >= 0.6 is 0 Å². The van der Waals surface area contributed by atoms with E-state index in [0.717, 1.165) is 22.2 Å². The molecule has 0 saturated heterocycles. The zero-order valence-corrected chi connectivity index (χ0v) is 21.6. The molecule has 5 aromatic rings. The molecule has 1 N–H and O–H groups in total. The van der Waals surface area contributed by atoms with Gasteiger partial charge < -0.3 is 14.8 Å². The van der Waals surface area contributed by atoms with Crippen LogP contribution in [-0.2, 0) is 6.54 Å². The van der Waals surface area contributed by atoms with E-state index in [2.05, 4.69) is 10.4 Å². The summed E-state index contributed by atoms with van der Waals surface area (Å²) in [5.74, 6) is 0.634. The molecule has 2 aromatic heterocycles. The number of fused-ring (bicyclic) bond motifs is 1. The summed E-state index contributed by atoms with van der Waals surface area (Å²) < 4.78 is 25.9. The second-order valence-corrected chi connectivity index (χ2v) is 8.93. The van der Waals surface area contributed by atoms with Gasteiger partial charge in [-0.25, -0.2) is 9.37 Å². The fourth-order valence-electron chi connectivity index (χ4n) is 4.48. The Morgan fingerprint density at radius 3 is 2.42 bits per heavy atom. The Bertz CT molecular complexity index is 1640. The number of methoxy groups -OCH3 is 2. The zero-order chi connectivity index (χ0) is 26.8. The number of aryl methyl sites for hydroxylation is 1. The molecule has 5 rings (SSSR count). The lowest BCUT2D eigenvalue weighted by molar-refractivity contribution is 0.102. The highest BCUT2D eigenvalue weighted by atomic mass is 19.1. The number of hydrogen-bond acceptors (Lipinski definition) is 5. The molecular formula is C30H27FN4O3. The van der Waals surface area contributed by atoms with Crippen LogP contribution in [0.2, 0.25) is 0 Å². The third kappa shape index (κ3) is 4.80. The van der Waals surface area contributed by atoms with Crippen molar-refractivity contribution in [2.24, 2.45) is 0 Å². The van der Waals surface area contributed by atoms with E-state index in [0.29, 0.717) is 46.2 Å². The quantitative estimate of drug-likeness (QED) is 0.283. The minimum absolute atomic E-state index is 0.266. The van der Waals surface area contributed by atoms with Crippen LogP contribution in [0.5, 0.6) is 11.5 Å². The first-order valence-electron chi connectivity index (χ1n) is 12.1. The first kappa shape index (κ1) is 25.0. The second kappa shape index (κ2) is 10.3. The highest BCUT2D eigenvalue weighted by Gasteiger charge is 2.19. The van der Waals surface area contributed by atoms with Crippen molar-refractivity contribution in [3.05, 3.63) is 101 Å². The van der Waals surface area contributed by atoms with Gasteiger partial charge in [0, 0.05) is 10.9 Å². The van der Waals surface area contributed by atoms with Crippen LogP contribution in [0.3, 0.4) is 0 Å². The summed E-state index contributed by atoms with van der Waals surface area (Å²) in [6, 6.07) is 21.2. The van der Waals surface area contributed by atoms with E-state index in [1.807, 2.05) is 56.3 Å². The molecule has 192 valence electrons. The van der Waals surface area contributed by atoms with Crippen molar-refractivity contribution in [1.82, 2.24) is 14.8 Å². The van der Waals surface area contributed by atoms with Crippen molar-refractivity contribution in [2.45, 2.75) is 20.4 Å². The molecule has 0 aliphatic carbocycles. The van der Waals surface area contributed by atoms with E-state index >= 15 is 0 Å². The third-order valence-corrected chi connectivity index (χ3v) is 6.51. The number of halogens is 1. The Labute approximate surface area is 219 Å². The normalized spacial score (nSPS) is 11.0. The Hall–Kier alpha value is -4.72. The van der Waals surface area contributed by atoms with Crippen LogP contribution in [0, 0.1) is 19.7 Å². The summed E-state index contributed by atoms with van der Waals surface area (Å²) in [4.78, 5) is 18.5. The van der Waals surface area contributed by atoms with Crippen molar-refractivity contribution in [1.29, 1.82) is 0 Å². The first-order chi connectivity index (χ1) is 18.4. The molecule has 0 fully saturated rings. The number of carbonyl (C=O) groups excluding carboxylic acids is 1. The maximum Gasteiger partial charge on any atom is 0.256 e. The van der Waals surface area contributed by atoms with Crippen LogP contribution in [0.15, 0.2) is 72.8 Å². The monoisotopic (exact) mass is 510 g/mol. The maximum atomic E-state index is 13.7. The summed E-state index contributed by atoms with van der Waals surface area (Å²) in [6.45, 7) is 4.22. The third-order valence-electron chi connectivity index (χ3n) is 6.51. The molecule has 2 heterocycles. The van der Waals surface area contributed by atoms with Crippen LogP contribution in [-0.4, -0.2) is 34.9 Å². The number of hydrogen-bond donors (Lipinski definition) is 1. The van der Waals surface area contributed by atoms with E-state index in [1.165, 1.54) is 12.1 Å². The number of rotatable bonds is 7. The molecule has 0 atom stereocenters. The van der Waals surface area contributed by atoms with E-state index in [-0.39, 0.29) is 11.7 Å². The van der Waals surface area contributed by atoms with E-state index in [9.17, 15) is 9.18 Å². The molecule has 3 aromatic carbocycles. The largest absolute Gasteiger partial charge is 0.493 e. The van der Waals surface area contributed by atoms with E-state index in [4.69, 9.17) is 14.5 Å². The Kier molecular flexibility index (Phi) is 6.79. The second-order valence-electron chi connectivity index (χ2n) is 8.93.